The molecule has 0 aromatic heterocycles. The van der Waals surface area contributed by atoms with E-state index in [-0.39, 0.29) is 18.6 Å². The van der Waals surface area contributed by atoms with Crippen LogP contribution in [0.4, 0.5) is 0 Å². The Balaban J connectivity index is 4.28. The van der Waals surface area contributed by atoms with Gasteiger partial charge in [0.05, 0.1) is 6.61 Å². The summed E-state index contributed by atoms with van der Waals surface area (Å²) in [6, 6.07) is 0.116. The fourth-order valence-corrected chi connectivity index (χ4v) is 1.08. The van der Waals surface area contributed by atoms with Gasteiger partial charge in [0.1, 0.15) is 0 Å². The molecule has 0 aliphatic rings. The molecule has 0 aliphatic heterocycles. The second-order valence-electron chi connectivity index (χ2n) is 3.23. The predicted octanol–water partition coefficient (Wildman–Crippen LogP) is 1.35. The first-order valence-corrected chi connectivity index (χ1v) is 4.84. The Morgan fingerprint density at radius 2 is 2.07 bits per heavy atom. The minimum atomic E-state index is -0.0628. The Kier molecular flexibility index (Phi) is 6.76. The number of amides is 1. The van der Waals surface area contributed by atoms with Gasteiger partial charge in [0.25, 0.3) is 0 Å². The molecule has 0 fully saturated rings. The molecule has 1 N–H and O–H groups in total. The van der Waals surface area contributed by atoms with E-state index in [9.17, 15) is 4.79 Å². The SMILES string of the molecule is C/C=C/C=C/C(=O)N(CCO)C(C)C. The normalized spacial score (nSPS) is 11.8. The maximum atomic E-state index is 11.5. The fourth-order valence-electron chi connectivity index (χ4n) is 1.08. The van der Waals surface area contributed by atoms with Gasteiger partial charge in [0, 0.05) is 18.7 Å². The largest absolute Gasteiger partial charge is 0.395 e. The van der Waals surface area contributed by atoms with Crippen molar-refractivity contribution in [3.63, 3.8) is 0 Å². The van der Waals surface area contributed by atoms with Gasteiger partial charge in [-0.15, -0.1) is 0 Å². The van der Waals surface area contributed by atoms with E-state index >= 15 is 0 Å². The lowest BCUT2D eigenvalue weighted by Crippen LogP contribution is -2.37. The van der Waals surface area contributed by atoms with Crippen molar-refractivity contribution in [1.29, 1.82) is 0 Å². The number of hydrogen-bond acceptors (Lipinski definition) is 2. The quantitative estimate of drug-likeness (QED) is 0.534. The van der Waals surface area contributed by atoms with E-state index in [1.807, 2.05) is 26.8 Å². The Labute approximate surface area is 85.7 Å². The van der Waals surface area contributed by atoms with E-state index in [4.69, 9.17) is 5.11 Å². The highest BCUT2D eigenvalue weighted by atomic mass is 16.3. The van der Waals surface area contributed by atoms with Crippen LogP contribution in [0.5, 0.6) is 0 Å². The average Bonchev–Trinajstić information content (AvgIpc) is 2.13. The van der Waals surface area contributed by atoms with Gasteiger partial charge in [-0.1, -0.05) is 18.2 Å². The molecule has 3 heteroatoms. The number of allylic oxidation sites excluding steroid dienone is 3. The summed E-state index contributed by atoms with van der Waals surface area (Å²) in [7, 11) is 0. The van der Waals surface area contributed by atoms with E-state index in [1.54, 1.807) is 17.1 Å². The van der Waals surface area contributed by atoms with Crippen LogP contribution in [-0.4, -0.2) is 35.1 Å². The summed E-state index contributed by atoms with van der Waals surface area (Å²) >= 11 is 0. The second kappa shape index (κ2) is 7.33. The Hall–Kier alpha value is -1.09. The number of aliphatic hydroxyl groups is 1. The lowest BCUT2D eigenvalue weighted by Gasteiger charge is -2.24. The lowest BCUT2D eigenvalue weighted by molar-refractivity contribution is -0.128. The fraction of sp³-hybridized carbons (Fsp3) is 0.545. The van der Waals surface area contributed by atoms with Crippen molar-refractivity contribution in [3.05, 3.63) is 24.3 Å². The lowest BCUT2D eigenvalue weighted by atomic mass is 10.3. The molecule has 0 bridgehead atoms. The molecule has 0 aromatic rings. The van der Waals surface area contributed by atoms with Crippen LogP contribution in [0.15, 0.2) is 24.3 Å². The van der Waals surface area contributed by atoms with E-state index < -0.39 is 0 Å². The van der Waals surface area contributed by atoms with Gasteiger partial charge in [-0.25, -0.2) is 0 Å². The smallest absolute Gasteiger partial charge is 0.246 e. The number of aliphatic hydroxyl groups excluding tert-OH is 1. The average molecular weight is 197 g/mol. The predicted molar refractivity (Wildman–Crippen MR) is 57.9 cm³/mol. The van der Waals surface area contributed by atoms with Gasteiger partial charge in [-0.2, -0.15) is 0 Å². The number of hydrogen-bond donors (Lipinski definition) is 1. The first kappa shape index (κ1) is 12.9. The Bertz CT molecular complexity index is 219. The molecule has 0 saturated carbocycles. The number of carbonyl (C=O) groups is 1. The molecule has 3 nitrogen and oxygen atoms in total. The highest BCUT2D eigenvalue weighted by Crippen LogP contribution is 1.99. The first-order chi connectivity index (χ1) is 6.63. The van der Waals surface area contributed by atoms with Crippen LogP contribution >= 0.6 is 0 Å². The summed E-state index contributed by atoms with van der Waals surface area (Å²) in [4.78, 5) is 13.2. The minimum absolute atomic E-state index is 0.00137. The molecule has 0 aliphatic carbocycles. The van der Waals surface area contributed by atoms with E-state index in [0.717, 1.165) is 0 Å². The summed E-state index contributed by atoms with van der Waals surface area (Å²) in [5, 5.41) is 8.77. The molecule has 0 rings (SSSR count). The highest BCUT2D eigenvalue weighted by molar-refractivity contribution is 5.88. The van der Waals surface area contributed by atoms with Gasteiger partial charge >= 0.3 is 0 Å². The molecular formula is C11H19NO2. The zero-order valence-electron chi connectivity index (χ0n) is 9.10. The van der Waals surface area contributed by atoms with Crippen LogP contribution in [0.25, 0.3) is 0 Å². The van der Waals surface area contributed by atoms with Crippen LogP contribution in [0.3, 0.4) is 0 Å². The van der Waals surface area contributed by atoms with E-state index in [0.29, 0.717) is 6.54 Å². The summed E-state index contributed by atoms with van der Waals surface area (Å²) < 4.78 is 0. The molecule has 0 unspecified atom stereocenters. The highest BCUT2D eigenvalue weighted by Gasteiger charge is 2.12. The molecule has 0 aromatic carbocycles. The van der Waals surface area contributed by atoms with Gasteiger partial charge < -0.3 is 10.0 Å². The summed E-state index contributed by atoms with van der Waals surface area (Å²) in [6.07, 6.45) is 6.87. The third-order valence-electron chi connectivity index (χ3n) is 1.79. The standard InChI is InChI=1S/C11H19NO2/c1-4-5-6-7-11(14)12(8-9-13)10(2)3/h4-7,10,13H,8-9H2,1-3H3/b5-4+,7-6+. The molecule has 1 amide bonds. The van der Waals surface area contributed by atoms with Gasteiger partial charge in [-0.05, 0) is 20.8 Å². The van der Waals surface area contributed by atoms with Gasteiger partial charge in [0.2, 0.25) is 5.91 Å². The van der Waals surface area contributed by atoms with Crippen LogP contribution in [0.2, 0.25) is 0 Å². The maximum absolute atomic E-state index is 11.5. The van der Waals surface area contributed by atoms with Crippen LogP contribution in [-0.2, 0) is 4.79 Å². The topological polar surface area (TPSA) is 40.5 Å². The third-order valence-corrected chi connectivity index (χ3v) is 1.79. The van der Waals surface area contributed by atoms with Crippen LogP contribution in [0, 0.1) is 0 Å². The molecular weight excluding hydrogens is 178 g/mol. The van der Waals surface area contributed by atoms with Crippen molar-refractivity contribution < 1.29 is 9.90 Å². The Morgan fingerprint density at radius 3 is 2.50 bits per heavy atom. The van der Waals surface area contributed by atoms with Crippen LogP contribution in [0.1, 0.15) is 20.8 Å². The number of nitrogens with zero attached hydrogens (tertiary/aromatic N) is 1. The maximum Gasteiger partial charge on any atom is 0.246 e. The van der Waals surface area contributed by atoms with E-state index in [2.05, 4.69) is 0 Å². The molecule has 0 atom stereocenters. The summed E-state index contributed by atoms with van der Waals surface area (Å²) in [6.45, 7) is 6.13. The first-order valence-electron chi connectivity index (χ1n) is 4.84. The Morgan fingerprint density at radius 1 is 1.43 bits per heavy atom. The van der Waals surface area contributed by atoms with Crippen molar-refractivity contribution in [2.75, 3.05) is 13.2 Å². The number of carbonyl (C=O) groups excluding carboxylic acids is 1. The molecule has 0 radical (unpaired) electrons. The monoisotopic (exact) mass is 197 g/mol. The van der Waals surface area contributed by atoms with E-state index in [1.165, 1.54) is 6.08 Å². The molecule has 0 saturated heterocycles. The van der Waals surface area contributed by atoms with Crippen molar-refractivity contribution in [1.82, 2.24) is 4.90 Å². The number of rotatable bonds is 5. The third kappa shape index (κ3) is 4.82. The molecule has 0 heterocycles. The zero-order chi connectivity index (χ0) is 11.0. The van der Waals surface area contributed by atoms with Crippen molar-refractivity contribution >= 4 is 5.91 Å². The molecule has 0 spiro atoms. The molecule has 14 heavy (non-hydrogen) atoms. The summed E-state index contributed by atoms with van der Waals surface area (Å²) in [5.41, 5.74) is 0. The van der Waals surface area contributed by atoms with Crippen LogP contribution < -0.4 is 0 Å². The minimum Gasteiger partial charge on any atom is -0.395 e. The van der Waals surface area contributed by atoms with Crippen molar-refractivity contribution in [2.24, 2.45) is 0 Å². The second-order valence-corrected chi connectivity index (χ2v) is 3.23. The van der Waals surface area contributed by atoms with Crippen molar-refractivity contribution in [2.45, 2.75) is 26.8 Å². The van der Waals surface area contributed by atoms with Gasteiger partial charge in [0.15, 0.2) is 0 Å². The summed E-state index contributed by atoms with van der Waals surface area (Å²) in [5.74, 6) is -0.0628. The zero-order valence-corrected chi connectivity index (χ0v) is 9.10. The van der Waals surface area contributed by atoms with Gasteiger partial charge in [-0.3, -0.25) is 4.79 Å². The molecule has 80 valence electrons. The van der Waals surface area contributed by atoms with Crippen molar-refractivity contribution in [3.8, 4) is 0 Å².